The van der Waals surface area contributed by atoms with Gasteiger partial charge >= 0.3 is 5.97 Å². The highest BCUT2D eigenvalue weighted by Crippen LogP contribution is 2.34. The molecule has 0 bridgehead atoms. The van der Waals surface area contributed by atoms with Gasteiger partial charge in [0.15, 0.2) is 11.4 Å². The average molecular weight is 283 g/mol. The lowest BCUT2D eigenvalue weighted by atomic mass is 10.1. The summed E-state index contributed by atoms with van der Waals surface area (Å²) < 4.78 is 6.32. The number of hydrogen-bond donors (Lipinski definition) is 1. The van der Waals surface area contributed by atoms with Crippen LogP contribution in [0.25, 0.3) is 22.0 Å². The summed E-state index contributed by atoms with van der Waals surface area (Å²) in [4.78, 5) is 19.7. The molecule has 0 amide bonds. The van der Waals surface area contributed by atoms with Crippen LogP contribution in [0.3, 0.4) is 0 Å². The minimum atomic E-state index is -0.573. The molecule has 6 heteroatoms. The molecule has 0 radical (unpaired) electrons. The summed E-state index contributed by atoms with van der Waals surface area (Å²) in [5, 5.41) is 10.8. The first-order chi connectivity index (χ1) is 10.1. The van der Waals surface area contributed by atoms with E-state index in [0.717, 1.165) is 16.6 Å². The first kappa shape index (κ1) is 13.1. The van der Waals surface area contributed by atoms with Crippen LogP contribution >= 0.6 is 0 Å². The van der Waals surface area contributed by atoms with Gasteiger partial charge < -0.3 is 14.4 Å². The quantitative estimate of drug-likeness (QED) is 0.729. The van der Waals surface area contributed by atoms with Crippen molar-refractivity contribution in [1.29, 1.82) is 0 Å². The van der Waals surface area contributed by atoms with Gasteiger partial charge in [0, 0.05) is 30.4 Å². The first-order valence-electron chi connectivity index (χ1n) is 6.28. The Hall–Kier alpha value is -2.89. The average Bonchev–Trinajstić information content (AvgIpc) is 2.78. The van der Waals surface area contributed by atoms with Crippen LogP contribution in [0.15, 0.2) is 36.9 Å². The van der Waals surface area contributed by atoms with Crippen molar-refractivity contribution in [2.45, 2.75) is 0 Å². The molecule has 1 N–H and O–H groups in total. The minimum Gasteiger partial charge on any atom is -0.505 e. The summed E-state index contributed by atoms with van der Waals surface area (Å²) >= 11 is 0. The van der Waals surface area contributed by atoms with Crippen LogP contribution in [0.2, 0.25) is 0 Å². The number of hydrogen-bond acceptors (Lipinski definition) is 5. The van der Waals surface area contributed by atoms with Gasteiger partial charge in [-0.2, -0.15) is 0 Å². The van der Waals surface area contributed by atoms with Crippen LogP contribution in [0.5, 0.6) is 5.75 Å². The van der Waals surface area contributed by atoms with E-state index in [1.807, 2.05) is 12.1 Å². The van der Waals surface area contributed by atoms with Crippen LogP contribution in [0.1, 0.15) is 10.5 Å². The van der Waals surface area contributed by atoms with Crippen molar-refractivity contribution < 1.29 is 14.6 Å². The van der Waals surface area contributed by atoms with E-state index in [1.165, 1.54) is 13.4 Å². The molecule has 2 aromatic heterocycles. The van der Waals surface area contributed by atoms with Gasteiger partial charge in [0.05, 0.1) is 12.6 Å². The number of carbonyl (C=O) groups excluding carboxylic acids is 1. The molecule has 106 valence electrons. The number of aryl methyl sites for hydroxylation is 1. The van der Waals surface area contributed by atoms with Gasteiger partial charge in [-0.1, -0.05) is 6.07 Å². The molecule has 0 fully saturated rings. The van der Waals surface area contributed by atoms with Crippen molar-refractivity contribution in [3.8, 4) is 16.9 Å². The number of nitrogens with zero attached hydrogens (tertiary/aromatic N) is 3. The van der Waals surface area contributed by atoms with Crippen molar-refractivity contribution in [2.75, 3.05) is 7.11 Å². The van der Waals surface area contributed by atoms with Gasteiger partial charge in [-0.3, -0.25) is 0 Å². The largest absolute Gasteiger partial charge is 0.505 e. The van der Waals surface area contributed by atoms with Crippen molar-refractivity contribution in [1.82, 2.24) is 14.5 Å². The van der Waals surface area contributed by atoms with Crippen molar-refractivity contribution in [3.63, 3.8) is 0 Å². The van der Waals surface area contributed by atoms with Gasteiger partial charge in [-0.05, 0) is 17.7 Å². The standard InChI is InChI=1S/C15H13N3O3/c1-18-12-5-9(10-6-16-8-17-7-10)3-4-11(12)14(19)13(18)15(20)21-2/h3-8,19H,1-2H3. The highest BCUT2D eigenvalue weighted by Gasteiger charge is 2.21. The number of esters is 1. The van der Waals surface area contributed by atoms with Gasteiger partial charge in [0.1, 0.15) is 6.33 Å². The van der Waals surface area contributed by atoms with E-state index in [0.29, 0.717) is 5.39 Å². The lowest BCUT2D eigenvalue weighted by Crippen LogP contribution is -2.07. The number of methoxy groups -OCH3 is 1. The fourth-order valence-electron chi connectivity index (χ4n) is 2.37. The minimum absolute atomic E-state index is 0.0739. The third-order valence-corrected chi connectivity index (χ3v) is 3.45. The molecule has 0 atom stereocenters. The molecule has 1 aromatic carbocycles. The zero-order valence-corrected chi connectivity index (χ0v) is 11.6. The number of benzene rings is 1. The normalized spacial score (nSPS) is 10.8. The van der Waals surface area contributed by atoms with Crippen LogP contribution in [0.4, 0.5) is 0 Å². The summed E-state index contributed by atoms with van der Waals surface area (Å²) in [6, 6.07) is 5.49. The molecule has 0 aliphatic rings. The third-order valence-electron chi connectivity index (χ3n) is 3.45. The highest BCUT2D eigenvalue weighted by molar-refractivity contribution is 6.02. The van der Waals surface area contributed by atoms with Crippen molar-refractivity contribution >= 4 is 16.9 Å². The Kier molecular flexibility index (Phi) is 3.06. The van der Waals surface area contributed by atoms with Crippen molar-refractivity contribution in [2.24, 2.45) is 7.05 Å². The molecule has 0 unspecified atom stereocenters. The molecule has 21 heavy (non-hydrogen) atoms. The number of aromatic nitrogens is 3. The number of fused-ring (bicyclic) bond motifs is 1. The number of rotatable bonds is 2. The van der Waals surface area contributed by atoms with Gasteiger partial charge in [-0.25, -0.2) is 14.8 Å². The summed E-state index contributed by atoms with van der Waals surface area (Å²) in [6.07, 6.45) is 4.88. The second-order valence-electron chi connectivity index (χ2n) is 4.61. The number of aromatic hydroxyl groups is 1. The molecule has 0 aliphatic heterocycles. The van der Waals surface area contributed by atoms with E-state index >= 15 is 0 Å². The fraction of sp³-hybridized carbons (Fsp3) is 0.133. The molecular formula is C15H13N3O3. The molecule has 0 aliphatic carbocycles. The highest BCUT2D eigenvalue weighted by atomic mass is 16.5. The van der Waals surface area contributed by atoms with E-state index < -0.39 is 5.97 Å². The van der Waals surface area contributed by atoms with E-state index in [4.69, 9.17) is 4.74 Å². The monoisotopic (exact) mass is 283 g/mol. The van der Waals surface area contributed by atoms with Crippen LogP contribution in [-0.2, 0) is 11.8 Å². The Bertz CT molecular complexity index is 825. The van der Waals surface area contributed by atoms with Gasteiger partial charge in [0.25, 0.3) is 0 Å². The predicted octanol–water partition coefficient (Wildman–Crippen LogP) is 2.13. The maximum atomic E-state index is 11.8. The Morgan fingerprint density at radius 1 is 1.24 bits per heavy atom. The van der Waals surface area contributed by atoms with Crippen LogP contribution in [-0.4, -0.2) is 32.7 Å². The molecule has 3 aromatic rings. The zero-order chi connectivity index (χ0) is 15.0. The molecule has 2 heterocycles. The molecule has 0 saturated carbocycles. The van der Waals surface area contributed by atoms with E-state index in [1.54, 1.807) is 30.1 Å². The summed E-state index contributed by atoms with van der Waals surface area (Å²) in [7, 11) is 2.99. The topological polar surface area (TPSA) is 77.2 Å². The Labute approximate surface area is 120 Å². The zero-order valence-electron chi connectivity index (χ0n) is 11.6. The molecule has 0 saturated heterocycles. The Morgan fingerprint density at radius 3 is 2.62 bits per heavy atom. The maximum Gasteiger partial charge on any atom is 0.358 e. The molecule has 0 spiro atoms. The Balaban J connectivity index is 2.23. The summed E-state index contributed by atoms with van der Waals surface area (Å²) in [6.45, 7) is 0. The van der Waals surface area contributed by atoms with Gasteiger partial charge in [-0.15, -0.1) is 0 Å². The molecule has 3 rings (SSSR count). The van der Waals surface area contributed by atoms with E-state index in [9.17, 15) is 9.90 Å². The molecule has 6 nitrogen and oxygen atoms in total. The predicted molar refractivity (Wildman–Crippen MR) is 76.9 cm³/mol. The summed E-state index contributed by atoms with van der Waals surface area (Å²) in [5.74, 6) is -0.647. The second kappa shape index (κ2) is 4.90. The van der Waals surface area contributed by atoms with E-state index in [2.05, 4.69) is 9.97 Å². The fourth-order valence-corrected chi connectivity index (χ4v) is 2.37. The smallest absolute Gasteiger partial charge is 0.358 e. The van der Waals surface area contributed by atoms with Crippen molar-refractivity contribution in [3.05, 3.63) is 42.6 Å². The van der Waals surface area contributed by atoms with Gasteiger partial charge in [0.2, 0.25) is 0 Å². The number of carbonyl (C=O) groups is 1. The first-order valence-corrected chi connectivity index (χ1v) is 6.28. The second-order valence-corrected chi connectivity index (χ2v) is 4.61. The van der Waals surface area contributed by atoms with E-state index in [-0.39, 0.29) is 11.4 Å². The summed E-state index contributed by atoms with van der Waals surface area (Å²) in [5.41, 5.74) is 2.63. The lowest BCUT2D eigenvalue weighted by molar-refractivity contribution is 0.0587. The maximum absolute atomic E-state index is 11.8. The lowest BCUT2D eigenvalue weighted by Gasteiger charge is -2.03. The Morgan fingerprint density at radius 2 is 1.95 bits per heavy atom. The number of ether oxygens (including phenoxy) is 1. The molecular weight excluding hydrogens is 270 g/mol. The SMILES string of the molecule is COC(=O)c1c(O)c2ccc(-c3cncnc3)cc2n1C. The van der Waals surface area contributed by atoms with Crippen LogP contribution in [0, 0.1) is 0 Å². The van der Waals surface area contributed by atoms with Crippen LogP contribution < -0.4 is 0 Å². The third kappa shape index (κ3) is 2.01.